The van der Waals surface area contributed by atoms with Gasteiger partial charge in [-0.2, -0.15) is 0 Å². The van der Waals surface area contributed by atoms with Gasteiger partial charge in [0.2, 0.25) is 11.8 Å². The molecule has 0 bridgehead atoms. The van der Waals surface area contributed by atoms with Crippen LogP contribution >= 0.6 is 0 Å². The smallest absolute Gasteiger partial charge is 0.248 e. The Kier molecular flexibility index (Phi) is 3.09. The first-order valence-corrected chi connectivity index (χ1v) is 4.66. The molecule has 4 N–H and O–H groups in total. The van der Waals surface area contributed by atoms with E-state index in [1.165, 1.54) is 6.07 Å². The zero-order chi connectivity index (χ0) is 11.6. The van der Waals surface area contributed by atoms with Gasteiger partial charge in [0.15, 0.2) is 0 Å². The maximum atomic E-state index is 11.0. The van der Waals surface area contributed by atoms with Crippen molar-refractivity contribution >= 4 is 11.8 Å². The quantitative estimate of drug-likeness (QED) is 0.773. The number of nitrogens with two attached hydrogens (primary N) is 2. The summed E-state index contributed by atoms with van der Waals surface area (Å²) in [6, 6.07) is 4.77. The molecule has 4 nitrogen and oxygen atoms in total. The molecule has 4 heteroatoms. The molecule has 0 aliphatic rings. The van der Waals surface area contributed by atoms with Crippen LogP contribution in [0.15, 0.2) is 18.2 Å². The van der Waals surface area contributed by atoms with E-state index >= 15 is 0 Å². The molecule has 0 spiro atoms. The van der Waals surface area contributed by atoms with E-state index in [1.807, 2.05) is 13.8 Å². The van der Waals surface area contributed by atoms with Crippen molar-refractivity contribution in [2.75, 3.05) is 0 Å². The lowest BCUT2D eigenvalue weighted by molar-refractivity contribution is 0.0999. The molecule has 0 aliphatic carbocycles. The van der Waals surface area contributed by atoms with Gasteiger partial charge in [-0.15, -0.1) is 0 Å². The van der Waals surface area contributed by atoms with Crippen LogP contribution in [0.4, 0.5) is 0 Å². The number of primary amides is 2. The van der Waals surface area contributed by atoms with E-state index in [0.29, 0.717) is 11.1 Å². The third kappa shape index (κ3) is 2.56. The Morgan fingerprint density at radius 2 is 1.40 bits per heavy atom. The number of amides is 2. The molecule has 80 valence electrons. The minimum atomic E-state index is -0.556. The zero-order valence-electron chi connectivity index (χ0n) is 8.78. The van der Waals surface area contributed by atoms with E-state index in [4.69, 9.17) is 11.5 Å². The highest BCUT2D eigenvalue weighted by Gasteiger charge is 2.10. The third-order valence-corrected chi connectivity index (χ3v) is 2.19. The van der Waals surface area contributed by atoms with Gasteiger partial charge in [-0.1, -0.05) is 13.8 Å². The topological polar surface area (TPSA) is 86.2 Å². The zero-order valence-corrected chi connectivity index (χ0v) is 8.78. The van der Waals surface area contributed by atoms with Crippen molar-refractivity contribution in [3.8, 4) is 0 Å². The first-order chi connectivity index (χ1) is 6.91. The van der Waals surface area contributed by atoms with Crippen LogP contribution in [0.2, 0.25) is 0 Å². The van der Waals surface area contributed by atoms with E-state index < -0.39 is 11.8 Å². The second-order valence-electron chi connectivity index (χ2n) is 3.73. The molecule has 1 aromatic rings. The normalized spacial score (nSPS) is 10.3. The Bertz CT molecular complexity index is 379. The molecule has 0 atom stereocenters. The molecule has 0 heterocycles. The summed E-state index contributed by atoms with van der Waals surface area (Å²) in [4.78, 5) is 22.0. The molecule has 1 aromatic carbocycles. The highest BCUT2D eigenvalue weighted by Crippen LogP contribution is 2.18. The Labute approximate surface area is 88.3 Å². The highest BCUT2D eigenvalue weighted by atomic mass is 16.1. The lowest BCUT2D eigenvalue weighted by atomic mass is 9.97. The number of hydrogen-bond acceptors (Lipinski definition) is 2. The molecule has 0 unspecified atom stereocenters. The second kappa shape index (κ2) is 4.13. The van der Waals surface area contributed by atoms with Crippen molar-refractivity contribution in [1.82, 2.24) is 0 Å². The van der Waals surface area contributed by atoms with Gasteiger partial charge in [-0.25, -0.2) is 0 Å². The van der Waals surface area contributed by atoms with Gasteiger partial charge in [-0.3, -0.25) is 9.59 Å². The van der Waals surface area contributed by atoms with Crippen LogP contribution in [-0.4, -0.2) is 11.8 Å². The van der Waals surface area contributed by atoms with Crippen molar-refractivity contribution in [2.45, 2.75) is 19.8 Å². The van der Waals surface area contributed by atoms with E-state index in [9.17, 15) is 9.59 Å². The van der Waals surface area contributed by atoms with Crippen LogP contribution in [0, 0.1) is 0 Å². The predicted octanol–water partition coefficient (Wildman–Crippen LogP) is 1.01. The summed E-state index contributed by atoms with van der Waals surface area (Å²) in [5, 5.41) is 0. The van der Waals surface area contributed by atoms with Gasteiger partial charge in [0.05, 0.1) is 0 Å². The third-order valence-electron chi connectivity index (χ3n) is 2.19. The lowest BCUT2D eigenvalue weighted by Crippen LogP contribution is -2.16. The maximum absolute atomic E-state index is 11.0. The average molecular weight is 206 g/mol. The minimum Gasteiger partial charge on any atom is -0.366 e. The second-order valence-corrected chi connectivity index (χ2v) is 3.73. The fourth-order valence-electron chi connectivity index (χ4n) is 1.27. The van der Waals surface area contributed by atoms with Crippen LogP contribution in [0.25, 0.3) is 0 Å². The standard InChI is InChI=1S/C11H14N2O2/c1-6(2)7-3-8(10(12)14)5-9(4-7)11(13)15/h3-6H,1-2H3,(H2,12,14)(H2,13,15). The van der Waals surface area contributed by atoms with Crippen LogP contribution in [0.3, 0.4) is 0 Å². The summed E-state index contributed by atoms with van der Waals surface area (Å²) >= 11 is 0. The summed E-state index contributed by atoms with van der Waals surface area (Å²) in [5.41, 5.74) is 11.8. The molecule has 0 saturated carbocycles. The predicted molar refractivity (Wildman–Crippen MR) is 57.6 cm³/mol. The van der Waals surface area contributed by atoms with Crippen LogP contribution in [0.1, 0.15) is 46.0 Å². The molecule has 0 radical (unpaired) electrons. The van der Waals surface area contributed by atoms with Crippen molar-refractivity contribution in [3.63, 3.8) is 0 Å². The Morgan fingerprint density at radius 3 is 1.67 bits per heavy atom. The summed E-state index contributed by atoms with van der Waals surface area (Å²) in [7, 11) is 0. The van der Waals surface area contributed by atoms with Crippen molar-refractivity contribution in [3.05, 3.63) is 34.9 Å². The van der Waals surface area contributed by atoms with Gasteiger partial charge in [0.1, 0.15) is 0 Å². The maximum Gasteiger partial charge on any atom is 0.248 e. The van der Waals surface area contributed by atoms with Gasteiger partial charge in [-0.05, 0) is 29.7 Å². The van der Waals surface area contributed by atoms with E-state index in [-0.39, 0.29) is 5.92 Å². The number of rotatable bonds is 3. The molecular formula is C11H14N2O2. The molecule has 0 saturated heterocycles. The number of carbonyl (C=O) groups excluding carboxylic acids is 2. The van der Waals surface area contributed by atoms with E-state index in [1.54, 1.807) is 12.1 Å². The summed E-state index contributed by atoms with van der Waals surface area (Å²) in [6.07, 6.45) is 0. The molecule has 0 aromatic heterocycles. The lowest BCUT2D eigenvalue weighted by Gasteiger charge is -2.08. The first kappa shape index (κ1) is 11.2. The number of hydrogen-bond donors (Lipinski definition) is 2. The fourth-order valence-corrected chi connectivity index (χ4v) is 1.27. The van der Waals surface area contributed by atoms with Crippen molar-refractivity contribution in [2.24, 2.45) is 11.5 Å². The number of benzene rings is 1. The van der Waals surface area contributed by atoms with Crippen LogP contribution in [0.5, 0.6) is 0 Å². The Hall–Kier alpha value is -1.84. The van der Waals surface area contributed by atoms with Gasteiger partial charge >= 0.3 is 0 Å². The van der Waals surface area contributed by atoms with Crippen molar-refractivity contribution < 1.29 is 9.59 Å². The SMILES string of the molecule is CC(C)c1cc(C(N)=O)cc(C(N)=O)c1. The van der Waals surface area contributed by atoms with Gasteiger partial charge < -0.3 is 11.5 Å². The molecule has 2 amide bonds. The molecule has 0 fully saturated rings. The minimum absolute atomic E-state index is 0.211. The highest BCUT2D eigenvalue weighted by molar-refractivity contribution is 5.98. The molecular weight excluding hydrogens is 192 g/mol. The summed E-state index contributed by atoms with van der Waals surface area (Å²) < 4.78 is 0. The Morgan fingerprint density at radius 1 is 1.00 bits per heavy atom. The van der Waals surface area contributed by atoms with E-state index in [0.717, 1.165) is 5.56 Å². The summed E-state index contributed by atoms with van der Waals surface area (Å²) in [5.74, 6) is -0.901. The fraction of sp³-hybridized carbons (Fsp3) is 0.273. The average Bonchev–Trinajstić information content (AvgIpc) is 2.16. The molecule has 15 heavy (non-hydrogen) atoms. The Balaban J connectivity index is 3.32. The summed E-state index contributed by atoms with van der Waals surface area (Å²) in [6.45, 7) is 3.93. The molecule has 1 rings (SSSR count). The largest absolute Gasteiger partial charge is 0.366 e. The van der Waals surface area contributed by atoms with Gasteiger partial charge in [0.25, 0.3) is 0 Å². The molecule has 0 aliphatic heterocycles. The number of carbonyl (C=O) groups is 2. The van der Waals surface area contributed by atoms with Gasteiger partial charge in [0, 0.05) is 11.1 Å². The van der Waals surface area contributed by atoms with Crippen LogP contribution < -0.4 is 11.5 Å². The monoisotopic (exact) mass is 206 g/mol. The van der Waals surface area contributed by atoms with Crippen LogP contribution in [-0.2, 0) is 0 Å². The van der Waals surface area contributed by atoms with E-state index in [2.05, 4.69) is 0 Å². The van der Waals surface area contributed by atoms with Crippen molar-refractivity contribution in [1.29, 1.82) is 0 Å². The first-order valence-electron chi connectivity index (χ1n) is 4.66.